The van der Waals surface area contributed by atoms with Gasteiger partial charge in [-0.1, -0.05) is 19.3 Å². The largest absolute Gasteiger partial charge is 0.481 e. The Labute approximate surface area is 95.4 Å². The van der Waals surface area contributed by atoms with Gasteiger partial charge in [-0.3, -0.25) is 9.59 Å². The highest BCUT2D eigenvalue weighted by atomic mass is 16.4. The minimum atomic E-state index is -0.805. The number of nitrogens with one attached hydrogen (secondary N) is 1. The van der Waals surface area contributed by atoms with E-state index in [1.165, 1.54) is 12.8 Å². The van der Waals surface area contributed by atoms with Crippen LogP contribution in [0.25, 0.3) is 0 Å². The van der Waals surface area contributed by atoms with Crippen molar-refractivity contribution in [3.8, 4) is 0 Å². The highest BCUT2D eigenvalue weighted by molar-refractivity contribution is 5.85. The number of carbonyl (C=O) groups is 2. The summed E-state index contributed by atoms with van der Waals surface area (Å²) in [6, 6.07) is 0.290. The standard InChI is InChI=1S/C12H19NO3/c14-10(13-9-4-1-2-5-9)8-12(11(15)16)6-3-7-12/h9H,1-8H2,(H,13,14)(H,15,16). The van der Waals surface area contributed by atoms with Gasteiger partial charge in [-0.15, -0.1) is 0 Å². The lowest BCUT2D eigenvalue weighted by Crippen LogP contribution is -2.44. The molecule has 4 nitrogen and oxygen atoms in total. The molecule has 16 heavy (non-hydrogen) atoms. The lowest BCUT2D eigenvalue weighted by Gasteiger charge is -2.37. The van der Waals surface area contributed by atoms with Gasteiger partial charge < -0.3 is 10.4 Å². The molecule has 2 fully saturated rings. The van der Waals surface area contributed by atoms with Crippen LogP contribution in [0, 0.1) is 5.41 Å². The minimum absolute atomic E-state index is 0.0750. The van der Waals surface area contributed by atoms with Crippen molar-refractivity contribution in [3.05, 3.63) is 0 Å². The highest BCUT2D eigenvalue weighted by Gasteiger charge is 2.46. The summed E-state index contributed by atoms with van der Waals surface area (Å²) in [7, 11) is 0. The molecule has 2 rings (SSSR count). The summed E-state index contributed by atoms with van der Waals surface area (Å²) in [5.74, 6) is -0.880. The van der Waals surface area contributed by atoms with Crippen molar-refractivity contribution in [2.45, 2.75) is 57.4 Å². The maximum atomic E-state index is 11.7. The number of aliphatic carboxylic acids is 1. The number of rotatable bonds is 4. The van der Waals surface area contributed by atoms with Crippen LogP contribution in [-0.2, 0) is 9.59 Å². The van der Waals surface area contributed by atoms with Crippen molar-refractivity contribution in [1.29, 1.82) is 0 Å². The number of carboxylic acids is 1. The molecule has 4 heteroatoms. The summed E-state index contributed by atoms with van der Waals surface area (Å²) in [4.78, 5) is 22.8. The topological polar surface area (TPSA) is 66.4 Å². The zero-order valence-corrected chi connectivity index (χ0v) is 9.50. The molecule has 0 aliphatic heterocycles. The minimum Gasteiger partial charge on any atom is -0.481 e. The molecule has 2 aliphatic carbocycles. The molecule has 0 bridgehead atoms. The molecule has 0 spiro atoms. The SMILES string of the molecule is O=C(CC1(C(=O)O)CCC1)NC1CCCC1. The smallest absolute Gasteiger partial charge is 0.310 e. The third-order valence-corrected chi connectivity index (χ3v) is 3.98. The summed E-state index contributed by atoms with van der Waals surface area (Å²) >= 11 is 0. The zero-order valence-electron chi connectivity index (χ0n) is 9.50. The average Bonchev–Trinajstić information content (AvgIpc) is 2.63. The van der Waals surface area contributed by atoms with Crippen LogP contribution < -0.4 is 5.32 Å². The van der Waals surface area contributed by atoms with Gasteiger partial charge >= 0.3 is 5.97 Å². The molecule has 2 N–H and O–H groups in total. The molecule has 0 aromatic carbocycles. The Morgan fingerprint density at radius 3 is 2.25 bits per heavy atom. The first-order valence-electron chi connectivity index (χ1n) is 6.15. The van der Waals surface area contributed by atoms with Crippen LogP contribution in [-0.4, -0.2) is 23.0 Å². The van der Waals surface area contributed by atoms with E-state index in [9.17, 15) is 9.59 Å². The second-order valence-electron chi connectivity index (χ2n) is 5.16. The van der Waals surface area contributed by atoms with E-state index < -0.39 is 11.4 Å². The highest BCUT2D eigenvalue weighted by Crippen LogP contribution is 2.44. The predicted molar refractivity (Wildman–Crippen MR) is 58.9 cm³/mol. The van der Waals surface area contributed by atoms with Crippen molar-refractivity contribution in [3.63, 3.8) is 0 Å². The third kappa shape index (κ3) is 2.20. The van der Waals surface area contributed by atoms with E-state index in [1.807, 2.05) is 0 Å². The molecule has 2 saturated carbocycles. The Morgan fingerprint density at radius 2 is 1.81 bits per heavy atom. The van der Waals surface area contributed by atoms with Crippen LogP contribution in [0.1, 0.15) is 51.4 Å². The number of hydrogen-bond acceptors (Lipinski definition) is 2. The number of carboxylic acid groups (broad SMARTS) is 1. The predicted octanol–water partition coefficient (Wildman–Crippen LogP) is 1.69. The van der Waals surface area contributed by atoms with Gasteiger partial charge in [0, 0.05) is 12.5 Å². The van der Waals surface area contributed by atoms with Crippen LogP contribution in [0.3, 0.4) is 0 Å². The van der Waals surface area contributed by atoms with Crippen LogP contribution in [0.2, 0.25) is 0 Å². The fourth-order valence-corrected chi connectivity index (χ4v) is 2.73. The second-order valence-corrected chi connectivity index (χ2v) is 5.16. The Morgan fingerprint density at radius 1 is 1.19 bits per heavy atom. The van der Waals surface area contributed by atoms with Gasteiger partial charge in [0.1, 0.15) is 0 Å². The molecule has 0 aromatic rings. The molecule has 0 radical (unpaired) electrons. The van der Waals surface area contributed by atoms with E-state index in [2.05, 4.69) is 5.32 Å². The van der Waals surface area contributed by atoms with Crippen LogP contribution in [0.4, 0.5) is 0 Å². The van der Waals surface area contributed by atoms with E-state index in [4.69, 9.17) is 5.11 Å². The molecule has 0 atom stereocenters. The molecule has 0 saturated heterocycles. The average molecular weight is 225 g/mol. The number of amides is 1. The van der Waals surface area contributed by atoms with E-state index in [0.29, 0.717) is 18.9 Å². The van der Waals surface area contributed by atoms with Gasteiger partial charge in [0.2, 0.25) is 5.91 Å². The van der Waals surface area contributed by atoms with Crippen molar-refractivity contribution < 1.29 is 14.7 Å². The maximum absolute atomic E-state index is 11.7. The molecule has 0 unspecified atom stereocenters. The molecular formula is C12H19NO3. The number of carbonyl (C=O) groups excluding carboxylic acids is 1. The van der Waals surface area contributed by atoms with Crippen LogP contribution in [0.5, 0.6) is 0 Å². The fourth-order valence-electron chi connectivity index (χ4n) is 2.73. The van der Waals surface area contributed by atoms with Crippen molar-refractivity contribution >= 4 is 11.9 Å². The van der Waals surface area contributed by atoms with E-state index in [1.54, 1.807) is 0 Å². The summed E-state index contributed by atoms with van der Waals surface area (Å²) in [6.07, 6.45) is 6.85. The van der Waals surface area contributed by atoms with E-state index in [-0.39, 0.29) is 12.3 Å². The first-order valence-corrected chi connectivity index (χ1v) is 6.15. The molecule has 2 aliphatic rings. The first-order chi connectivity index (χ1) is 7.62. The summed E-state index contributed by atoms with van der Waals surface area (Å²) < 4.78 is 0. The fraction of sp³-hybridized carbons (Fsp3) is 0.833. The van der Waals surface area contributed by atoms with Gasteiger partial charge in [0.15, 0.2) is 0 Å². The molecule has 0 aromatic heterocycles. The van der Waals surface area contributed by atoms with Crippen molar-refractivity contribution in [1.82, 2.24) is 5.32 Å². The van der Waals surface area contributed by atoms with Gasteiger partial charge in [-0.25, -0.2) is 0 Å². The quantitative estimate of drug-likeness (QED) is 0.765. The lowest BCUT2D eigenvalue weighted by atomic mass is 9.66. The van der Waals surface area contributed by atoms with Crippen LogP contribution >= 0.6 is 0 Å². The monoisotopic (exact) mass is 225 g/mol. The first kappa shape index (κ1) is 11.4. The Kier molecular flexibility index (Phi) is 3.17. The summed E-state index contributed by atoms with van der Waals surface area (Å²) in [5.41, 5.74) is -0.747. The van der Waals surface area contributed by atoms with E-state index >= 15 is 0 Å². The molecule has 90 valence electrons. The van der Waals surface area contributed by atoms with Crippen molar-refractivity contribution in [2.75, 3.05) is 0 Å². The van der Waals surface area contributed by atoms with Crippen molar-refractivity contribution in [2.24, 2.45) is 5.41 Å². The van der Waals surface area contributed by atoms with Gasteiger partial charge in [0.05, 0.1) is 5.41 Å². The third-order valence-electron chi connectivity index (χ3n) is 3.98. The lowest BCUT2D eigenvalue weighted by molar-refractivity contribution is -0.157. The van der Waals surface area contributed by atoms with E-state index in [0.717, 1.165) is 19.3 Å². The Balaban J connectivity index is 1.83. The number of hydrogen-bond donors (Lipinski definition) is 2. The molecule has 1 amide bonds. The van der Waals surface area contributed by atoms with Gasteiger partial charge in [-0.2, -0.15) is 0 Å². The van der Waals surface area contributed by atoms with Gasteiger partial charge in [-0.05, 0) is 25.7 Å². The molecular weight excluding hydrogens is 206 g/mol. The Hall–Kier alpha value is -1.06. The summed E-state index contributed by atoms with van der Waals surface area (Å²) in [5, 5.41) is 12.1. The normalized spacial score (nSPS) is 23.8. The second kappa shape index (κ2) is 4.44. The molecule has 0 heterocycles. The van der Waals surface area contributed by atoms with Gasteiger partial charge in [0.25, 0.3) is 0 Å². The summed E-state index contributed by atoms with van der Waals surface area (Å²) in [6.45, 7) is 0. The van der Waals surface area contributed by atoms with Crippen LogP contribution in [0.15, 0.2) is 0 Å². The Bertz CT molecular complexity index is 291. The zero-order chi connectivity index (χ0) is 11.6. The maximum Gasteiger partial charge on any atom is 0.310 e.